The van der Waals surface area contributed by atoms with Crippen molar-refractivity contribution in [2.75, 3.05) is 31.1 Å². The molecular formula is C23H33N5O. The third-order valence-electron chi connectivity index (χ3n) is 5.82. The van der Waals surface area contributed by atoms with Gasteiger partial charge in [0.25, 0.3) is 0 Å². The fourth-order valence-corrected chi connectivity index (χ4v) is 3.69. The van der Waals surface area contributed by atoms with E-state index in [1.54, 1.807) is 12.4 Å². The van der Waals surface area contributed by atoms with Crippen LogP contribution in [0.2, 0.25) is 0 Å². The van der Waals surface area contributed by atoms with Crippen LogP contribution in [0.15, 0.2) is 42.7 Å². The lowest BCUT2D eigenvalue weighted by Gasteiger charge is -2.36. The van der Waals surface area contributed by atoms with Crippen LogP contribution in [-0.2, 0) is 0 Å². The highest BCUT2D eigenvalue weighted by atomic mass is 16.2. The Balaban J connectivity index is 1.60. The predicted octanol–water partition coefficient (Wildman–Crippen LogP) is 4.22. The predicted molar refractivity (Wildman–Crippen MR) is 117 cm³/mol. The summed E-state index contributed by atoms with van der Waals surface area (Å²) in [5.41, 5.74) is 2.51. The van der Waals surface area contributed by atoms with Crippen LogP contribution in [0.5, 0.6) is 0 Å². The number of carbonyl (C=O) groups excluding carboxylic acids is 1. The normalized spacial score (nSPS) is 16.6. The average molecular weight is 396 g/mol. The number of rotatable bonds is 6. The van der Waals surface area contributed by atoms with E-state index in [1.807, 2.05) is 11.0 Å². The first-order valence-corrected chi connectivity index (χ1v) is 10.7. The molecule has 0 unspecified atom stereocenters. The van der Waals surface area contributed by atoms with Crippen molar-refractivity contribution >= 4 is 12.0 Å². The lowest BCUT2D eigenvalue weighted by Crippen LogP contribution is -2.53. The molecule has 6 nitrogen and oxygen atoms in total. The smallest absolute Gasteiger partial charge is 0.318 e. The van der Waals surface area contributed by atoms with Crippen LogP contribution < -0.4 is 10.2 Å². The third kappa shape index (κ3) is 5.25. The molecule has 1 aliphatic heterocycles. The van der Waals surface area contributed by atoms with Crippen molar-refractivity contribution in [2.24, 2.45) is 5.92 Å². The van der Waals surface area contributed by atoms with Gasteiger partial charge in [-0.25, -0.2) is 14.8 Å². The maximum Gasteiger partial charge on any atom is 0.318 e. The van der Waals surface area contributed by atoms with Gasteiger partial charge in [0.1, 0.15) is 0 Å². The maximum atomic E-state index is 12.9. The fourth-order valence-electron chi connectivity index (χ4n) is 3.69. The highest BCUT2D eigenvalue weighted by Gasteiger charge is 2.26. The summed E-state index contributed by atoms with van der Waals surface area (Å²) in [6.07, 6.45) is 4.63. The van der Waals surface area contributed by atoms with Gasteiger partial charge in [-0.1, -0.05) is 52.0 Å². The van der Waals surface area contributed by atoms with Crippen LogP contribution in [0.3, 0.4) is 0 Å². The molecule has 0 bridgehead atoms. The van der Waals surface area contributed by atoms with Crippen molar-refractivity contribution in [1.82, 2.24) is 20.2 Å². The SMILES string of the molecule is CC[C@@H](C)c1ccc([C@H](NC(=O)N2CCN(c3ncccn3)CC2)C(C)C)cc1. The number of benzene rings is 1. The van der Waals surface area contributed by atoms with Crippen LogP contribution in [0.1, 0.15) is 57.2 Å². The number of urea groups is 1. The van der Waals surface area contributed by atoms with Crippen molar-refractivity contribution < 1.29 is 4.79 Å². The highest BCUT2D eigenvalue weighted by Crippen LogP contribution is 2.25. The molecule has 156 valence electrons. The van der Waals surface area contributed by atoms with Gasteiger partial charge in [-0.15, -0.1) is 0 Å². The second kappa shape index (κ2) is 9.72. The van der Waals surface area contributed by atoms with E-state index >= 15 is 0 Å². The van der Waals surface area contributed by atoms with Crippen molar-refractivity contribution in [3.05, 3.63) is 53.9 Å². The van der Waals surface area contributed by atoms with Crippen LogP contribution in [-0.4, -0.2) is 47.1 Å². The molecular weight excluding hydrogens is 362 g/mol. The van der Waals surface area contributed by atoms with Gasteiger partial charge in [-0.2, -0.15) is 0 Å². The van der Waals surface area contributed by atoms with E-state index in [1.165, 1.54) is 5.56 Å². The zero-order valence-corrected chi connectivity index (χ0v) is 18.0. The second-order valence-corrected chi connectivity index (χ2v) is 8.17. The summed E-state index contributed by atoms with van der Waals surface area (Å²) >= 11 is 0. The van der Waals surface area contributed by atoms with Gasteiger partial charge >= 0.3 is 6.03 Å². The quantitative estimate of drug-likeness (QED) is 0.795. The van der Waals surface area contributed by atoms with Gasteiger partial charge in [-0.05, 0) is 35.4 Å². The fraction of sp³-hybridized carbons (Fsp3) is 0.522. The summed E-state index contributed by atoms with van der Waals surface area (Å²) in [4.78, 5) is 25.5. The van der Waals surface area contributed by atoms with Gasteiger partial charge in [0.2, 0.25) is 5.95 Å². The molecule has 2 amide bonds. The molecule has 29 heavy (non-hydrogen) atoms. The Morgan fingerprint density at radius 2 is 1.59 bits per heavy atom. The van der Waals surface area contributed by atoms with Gasteiger partial charge in [0.05, 0.1) is 6.04 Å². The van der Waals surface area contributed by atoms with Gasteiger partial charge in [0.15, 0.2) is 0 Å². The van der Waals surface area contributed by atoms with E-state index in [0.29, 0.717) is 24.9 Å². The highest BCUT2D eigenvalue weighted by molar-refractivity contribution is 5.75. The summed E-state index contributed by atoms with van der Waals surface area (Å²) in [6.45, 7) is 11.6. The van der Waals surface area contributed by atoms with Crippen molar-refractivity contribution in [2.45, 2.75) is 46.1 Å². The Hall–Kier alpha value is -2.63. The first-order chi connectivity index (χ1) is 14.0. The Morgan fingerprint density at radius 1 is 1.00 bits per heavy atom. The molecule has 0 radical (unpaired) electrons. The molecule has 2 atom stereocenters. The van der Waals surface area contributed by atoms with Crippen LogP contribution in [0.4, 0.5) is 10.7 Å². The van der Waals surface area contributed by atoms with Crippen molar-refractivity contribution in [1.29, 1.82) is 0 Å². The Kier molecular flexibility index (Phi) is 7.07. The zero-order valence-electron chi connectivity index (χ0n) is 18.0. The van der Waals surface area contributed by atoms with E-state index in [4.69, 9.17) is 0 Å². The molecule has 0 saturated carbocycles. The summed E-state index contributed by atoms with van der Waals surface area (Å²) in [5, 5.41) is 3.26. The average Bonchev–Trinajstić information content (AvgIpc) is 2.77. The van der Waals surface area contributed by atoms with Crippen LogP contribution in [0, 0.1) is 5.92 Å². The number of hydrogen-bond acceptors (Lipinski definition) is 4. The van der Waals surface area contributed by atoms with Crippen LogP contribution >= 0.6 is 0 Å². The van der Waals surface area contributed by atoms with E-state index in [9.17, 15) is 4.79 Å². The monoisotopic (exact) mass is 395 g/mol. The summed E-state index contributed by atoms with van der Waals surface area (Å²) in [6, 6.07) is 10.5. The van der Waals surface area contributed by atoms with Crippen molar-refractivity contribution in [3.8, 4) is 0 Å². The number of nitrogens with zero attached hydrogens (tertiary/aromatic N) is 4. The number of carbonyl (C=O) groups is 1. The third-order valence-corrected chi connectivity index (χ3v) is 5.82. The lowest BCUT2D eigenvalue weighted by molar-refractivity contribution is 0.186. The molecule has 3 rings (SSSR count). The topological polar surface area (TPSA) is 61.4 Å². The molecule has 0 aliphatic carbocycles. The Bertz CT molecular complexity index is 770. The van der Waals surface area contributed by atoms with Gasteiger partial charge in [-0.3, -0.25) is 0 Å². The lowest BCUT2D eigenvalue weighted by atomic mass is 9.92. The van der Waals surface area contributed by atoms with Gasteiger partial charge < -0.3 is 15.1 Å². The van der Waals surface area contributed by atoms with Gasteiger partial charge in [0, 0.05) is 38.6 Å². The first-order valence-electron chi connectivity index (χ1n) is 10.7. The van der Waals surface area contributed by atoms with Crippen LogP contribution in [0.25, 0.3) is 0 Å². The number of amides is 2. The Morgan fingerprint density at radius 3 is 2.14 bits per heavy atom. The minimum absolute atomic E-state index is 0.00309. The molecule has 1 aromatic heterocycles. The standard InChI is InChI=1S/C23H33N5O/c1-5-18(4)19-7-9-20(10-8-19)21(17(2)3)26-23(29)28-15-13-27(14-16-28)22-24-11-6-12-25-22/h6-12,17-18,21H,5,13-16H2,1-4H3,(H,26,29)/t18-,21-/m1/s1. The van der Waals surface area contributed by atoms with E-state index in [2.05, 4.69) is 72.1 Å². The molecule has 6 heteroatoms. The summed E-state index contributed by atoms with van der Waals surface area (Å²) < 4.78 is 0. The molecule has 1 aliphatic rings. The minimum Gasteiger partial charge on any atom is -0.337 e. The molecule has 2 heterocycles. The summed E-state index contributed by atoms with van der Waals surface area (Å²) in [5.74, 6) is 1.60. The summed E-state index contributed by atoms with van der Waals surface area (Å²) in [7, 11) is 0. The second-order valence-electron chi connectivity index (χ2n) is 8.17. The molecule has 1 fully saturated rings. The molecule has 2 aromatic rings. The van der Waals surface area contributed by atoms with E-state index in [0.717, 1.165) is 31.0 Å². The largest absolute Gasteiger partial charge is 0.337 e. The zero-order chi connectivity index (χ0) is 20.8. The van der Waals surface area contributed by atoms with E-state index < -0.39 is 0 Å². The first kappa shape index (κ1) is 21.1. The van der Waals surface area contributed by atoms with E-state index in [-0.39, 0.29) is 12.1 Å². The number of piperazine rings is 1. The van der Waals surface area contributed by atoms with Crippen molar-refractivity contribution in [3.63, 3.8) is 0 Å². The number of aromatic nitrogens is 2. The molecule has 1 N–H and O–H groups in total. The number of hydrogen-bond donors (Lipinski definition) is 1. The number of anilines is 1. The minimum atomic E-state index is 0.00309. The molecule has 0 spiro atoms. The maximum absolute atomic E-state index is 12.9. The number of nitrogens with one attached hydrogen (secondary N) is 1. The molecule has 1 saturated heterocycles. The molecule has 1 aromatic carbocycles. The Labute approximate surface area is 174 Å².